The first-order valence-electron chi connectivity index (χ1n) is 6.15. The number of nitrogens with one attached hydrogen (secondary N) is 1. The maximum atomic E-state index is 11.3. The van der Waals surface area contributed by atoms with Crippen LogP contribution in [0.15, 0.2) is 18.2 Å². The first-order valence-corrected chi connectivity index (χ1v) is 6.15. The molecule has 6 nitrogen and oxygen atoms in total. The molecular weight excluding hydrogens is 250 g/mol. The van der Waals surface area contributed by atoms with Crippen LogP contribution in [0.2, 0.25) is 0 Å². The van der Waals surface area contributed by atoms with Gasteiger partial charge in [-0.25, -0.2) is 4.79 Å². The zero-order chi connectivity index (χ0) is 14.1. The van der Waals surface area contributed by atoms with E-state index in [0.29, 0.717) is 30.4 Å². The Morgan fingerprint density at radius 1 is 1.21 bits per heavy atom. The average Bonchev–Trinajstić information content (AvgIpc) is 2.40. The number of carbonyl (C=O) groups is 1. The number of aliphatic hydroxyl groups excluding tert-OH is 1. The standard InChI is InChI=1S/C13H19NO5/c1-3-17-11-6-5-10(9-12(11)18-4-2)14-13(16)19-8-7-15/h5-6,9,15H,3-4,7-8H2,1-2H3,(H,14,16). The first-order chi connectivity index (χ1) is 9.21. The van der Waals surface area contributed by atoms with E-state index in [1.165, 1.54) is 0 Å². The van der Waals surface area contributed by atoms with Gasteiger partial charge in [0.25, 0.3) is 0 Å². The summed E-state index contributed by atoms with van der Waals surface area (Å²) in [6.45, 7) is 4.53. The molecule has 0 atom stereocenters. The number of aliphatic hydroxyl groups is 1. The second-order valence-corrected chi connectivity index (χ2v) is 3.51. The van der Waals surface area contributed by atoms with Gasteiger partial charge in [0.05, 0.1) is 19.8 Å². The van der Waals surface area contributed by atoms with E-state index in [2.05, 4.69) is 5.32 Å². The van der Waals surface area contributed by atoms with E-state index in [0.717, 1.165) is 0 Å². The molecular formula is C13H19NO5. The van der Waals surface area contributed by atoms with Crippen molar-refractivity contribution >= 4 is 11.8 Å². The SMILES string of the molecule is CCOc1ccc(NC(=O)OCCO)cc1OCC. The van der Waals surface area contributed by atoms with Crippen LogP contribution in [0.3, 0.4) is 0 Å². The maximum absolute atomic E-state index is 11.3. The highest BCUT2D eigenvalue weighted by Crippen LogP contribution is 2.30. The van der Waals surface area contributed by atoms with Crippen molar-refractivity contribution in [3.8, 4) is 11.5 Å². The van der Waals surface area contributed by atoms with E-state index in [1.54, 1.807) is 18.2 Å². The molecule has 0 aromatic heterocycles. The fourth-order valence-corrected chi connectivity index (χ4v) is 1.42. The molecule has 2 N–H and O–H groups in total. The molecule has 19 heavy (non-hydrogen) atoms. The number of ether oxygens (including phenoxy) is 3. The van der Waals surface area contributed by atoms with Crippen molar-refractivity contribution in [1.29, 1.82) is 0 Å². The minimum Gasteiger partial charge on any atom is -0.490 e. The van der Waals surface area contributed by atoms with Crippen LogP contribution in [-0.2, 0) is 4.74 Å². The highest BCUT2D eigenvalue weighted by molar-refractivity contribution is 5.85. The molecule has 0 radical (unpaired) electrons. The second-order valence-electron chi connectivity index (χ2n) is 3.51. The Morgan fingerprint density at radius 3 is 2.53 bits per heavy atom. The molecule has 0 bridgehead atoms. The lowest BCUT2D eigenvalue weighted by Gasteiger charge is -2.12. The molecule has 0 unspecified atom stereocenters. The van der Waals surface area contributed by atoms with Gasteiger partial charge in [-0.05, 0) is 26.0 Å². The number of anilines is 1. The summed E-state index contributed by atoms with van der Waals surface area (Å²) in [6.07, 6.45) is -0.624. The summed E-state index contributed by atoms with van der Waals surface area (Å²) in [4.78, 5) is 11.3. The van der Waals surface area contributed by atoms with Crippen LogP contribution in [-0.4, -0.2) is 37.6 Å². The summed E-state index contributed by atoms with van der Waals surface area (Å²) in [6, 6.07) is 5.07. The first kappa shape index (κ1) is 15.1. The van der Waals surface area contributed by atoms with Crippen molar-refractivity contribution in [2.45, 2.75) is 13.8 Å². The van der Waals surface area contributed by atoms with Gasteiger partial charge < -0.3 is 19.3 Å². The van der Waals surface area contributed by atoms with Gasteiger partial charge in [0, 0.05) is 11.8 Å². The number of hydrogen-bond donors (Lipinski definition) is 2. The molecule has 1 rings (SSSR count). The number of carbonyl (C=O) groups excluding carboxylic acids is 1. The van der Waals surface area contributed by atoms with E-state index in [-0.39, 0.29) is 13.2 Å². The van der Waals surface area contributed by atoms with Crippen LogP contribution < -0.4 is 14.8 Å². The molecule has 0 heterocycles. The van der Waals surface area contributed by atoms with Crippen LogP contribution in [0, 0.1) is 0 Å². The minimum absolute atomic E-state index is 0.0405. The number of amides is 1. The van der Waals surface area contributed by atoms with Gasteiger partial charge in [-0.2, -0.15) is 0 Å². The monoisotopic (exact) mass is 269 g/mol. The number of rotatable bonds is 7. The molecule has 0 aliphatic carbocycles. The second kappa shape index (κ2) is 8.20. The molecule has 0 saturated carbocycles. The number of benzene rings is 1. The molecule has 6 heteroatoms. The van der Waals surface area contributed by atoms with Gasteiger partial charge in [0.15, 0.2) is 11.5 Å². The summed E-state index contributed by atoms with van der Waals surface area (Å²) in [5.41, 5.74) is 0.537. The van der Waals surface area contributed by atoms with Gasteiger partial charge >= 0.3 is 6.09 Å². The summed E-state index contributed by atoms with van der Waals surface area (Å²) in [5.74, 6) is 1.18. The van der Waals surface area contributed by atoms with Crippen LogP contribution in [0.5, 0.6) is 11.5 Å². The smallest absolute Gasteiger partial charge is 0.411 e. The van der Waals surface area contributed by atoms with E-state index in [4.69, 9.17) is 19.3 Å². The predicted molar refractivity (Wildman–Crippen MR) is 70.8 cm³/mol. The Bertz CT molecular complexity index is 408. The fraction of sp³-hybridized carbons (Fsp3) is 0.462. The molecule has 0 saturated heterocycles. The van der Waals surface area contributed by atoms with Crippen LogP contribution in [0.4, 0.5) is 10.5 Å². The normalized spacial score (nSPS) is 9.84. The van der Waals surface area contributed by atoms with E-state index >= 15 is 0 Å². The molecule has 1 aromatic rings. The molecule has 1 amide bonds. The van der Waals surface area contributed by atoms with E-state index in [9.17, 15) is 4.79 Å². The lowest BCUT2D eigenvalue weighted by molar-refractivity contribution is 0.131. The molecule has 0 aliphatic rings. The van der Waals surface area contributed by atoms with Crippen molar-refractivity contribution in [1.82, 2.24) is 0 Å². The lowest BCUT2D eigenvalue weighted by Crippen LogP contribution is -2.15. The quantitative estimate of drug-likeness (QED) is 0.792. The van der Waals surface area contributed by atoms with Crippen molar-refractivity contribution in [2.75, 3.05) is 31.7 Å². The predicted octanol–water partition coefficient (Wildman–Crippen LogP) is 2.02. The average molecular weight is 269 g/mol. The van der Waals surface area contributed by atoms with E-state index in [1.807, 2.05) is 13.8 Å². The highest BCUT2D eigenvalue weighted by atomic mass is 16.6. The van der Waals surface area contributed by atoms with Gasteiger partial charge in [-0.1, -0.05) is 0 Å². The van der Waals surface area contributed by atoms with Gasteiger partial charge in [-0.15, -0.1) is 0 Å². The molecule has 0 aliphatic heterocycles. The van der Waals surface area contributed by atoms with Crippen molar-refractivity contribution < 1.29 is 24.1 Å². The molecule has 0 fully saturated rings. The minimum atomic E-state index is -0.624. The maximum Gasteiger partial charge on any atom is 0.411 e. The zero-order valence-corrected chi connectivity index (χ0v) is 11.1. The summed E-state index contributed by atoms with van der Waals surface area (Å²) in [5, 5.41) is 11.1. The van der Waals surface area contributed by atoms with Crippen LogP contribution in [0.25, 0.3) is 0 Å². The van der Waals surface area contributed by atoms with Crippen molar-refractivity contribution in [3.05, 3.63) is 18.2 Å². The Kier molecular flexibility index (Phi) is 6.52. The summed E-state index contributed by atoms with van der Waals surface area (Å²) in [7, 11) is 0. The molecule has 0 spiro atoms. The number of hydrogen-bond acceptors (Lipinski definition) is 5. The van der Waals surface area contributed by atoms with Gasteiger partial charge in [0.1, 0.15) is 6.61 Å². The lowest BCUT2D eigenvalue weighted by atomic mass is 10.2. The highest BCUT2D eigenvalue weighted by Gasteiger charge is 2.08. The third-order valence-electron chi connectivity index (χ3n) is 2.11. The van der Waals surface area contributed by atoms with Crippen LogP contribution in [0.1, 0.15) is 13.8 Å². The Balaban J connectivity index is 2.74. The van der Waals surface area contributed by atoms with E-state index < -0.39 is 6.09 Å². The van der Waals surface area contributed by atoms with Crippen LogP contribution >= 0.6 is 0 Å². The van der Waals surface area contributed by atoms with Crippen molar-refractivity contribution in [2.24, 2.45) is 0 Å². The van der Waals surface area contributed by atoms with Gasteiger partial charge in [0.2, 0.25) is 0 Å². The summed E-state index contributed by atoms with van der Waals surface area (Å²) < 4.78 is 15.5. The fourth-order valence-electron chi connectivity index (χ4n) is 1.42. The Hall–Kier alpha value is -1.95. The largest absolute Gasteiger partial charge is 0.490 e. The molecule has 106 valence electrons. The zero-order valence-electron chi connectivity index (χ0n) is 11.1. The Morgan fingerprint density at radius 2 is 1.89 bits per heavy atom. The van der Waals surface area contributed by atoms with Gasteiger partial charge in [-0.3, -0.25) is 5.32 Å². The molecule has 1 aromatic carbocycles. The van der Waals surface area contributed by atoms with Crippen molar-refractivity contribution in [3.63, 3.8) is 0 Å². The third-order valence-corrected chi connectivity index (χ3v) is 2.11. The topological polar surface area (TPSA) is 77.0 Å². The summed E-state index contributed by atoms with van der Waals surface area (Å²) >= 11 is 0. The third kappa shape index (κ3) is 5.05. The Labute approximate surface area is 112 Å².